The molecule has 0 aliphatic carbocycles. The first-order valence-corrected chi connectivity index (χ1v) is 6.00. The van der Waals surface area contributed by atoms with Crippen LogP contribution in [-0.2, 0) is 7.05 Å². The van der Waals surface area contributed by atoms with Gasteiger partial charge in [-0.15, -0.1) is 0 Å². The molecular formula is C14H11ClN2O. The summed E-state index contributed by atoms with van der Waals surface area (Å²) in [7, 11) is 1.75. The van der Waals surface area contributed by atoms with Crippen LogP contribution in [-0.4, -0.2) is 9.55 Å². The molecular weight excluding hydrogens is 248 g/mol. The number of hydrogen-bond acceptors (Lipinski definition) is 2. The number of fused-ring (bicyclic) bond motifs is 3. The van der Waals surface area contributed by atoms with Crippen molar-refractivity contribution in [1.82, 2.24) is 9.55 Å². The Morgan fingerprint density at radius 2 is 1.94 bits per heavy atom. The summed E-state index contributed by atoms with van der Waals surface area (Å²) in [4.78, 5) is 16.5. The van der Waals surface area contributed by atoms with E-state index in [0.717, 1.165) is 22.0 Å². The lowest BCUT2D eigenvalue weighted by atomic mass is 10.1. The third-order valence-electron chi connectivity index (χ3n) is 3.19. The van der Waals surface area contributed by atoms with Crippen LogP contribution in [0.3, 0.4) is 0 Å². The maximum Gasteiger partial charge on any atom is 0.258 e. The van der Waals surface area contributed by atoms with Crippen LogP contribution < -0.4 is 5.56 Å². The van der Waals surface area contributed by atoms with E-state index in [-0.39, 0.29) is 5.56 Å². The zero-order valence-electron chi connectivity index (χ0n) is 10.1. The van der Waals surface area contributed by atoms with Gasteiger partial charge < -0.3 is 4.57 Å². The van der Waals surface area contributed by atoms with Crippen molar-refractivity contribution >= 4 is 33.3 Å². The molecule has 1 aromatic carbocycles. The van der Waals surface area contributed by atoms with Crippen LogP contribution in [0.2, 0.25) is 5.02 Å². The van der Waals surface area contributed by atoms with Gasteiger partial charge in [-0.3, -0.25) is 9.78 Å². The maximum atomic E-state index is 12.3. The summed E-state index contributed by atoms with van der Waals surface area (Å²) in [6, 6.07) is 7.40. The second-order valence-corrected chi connectivity index (χ2v) is 4.83. The lowest BCUT2D eigenvalue weighted by molar-refractivity contribution is 0.913. The largest absolute Gasteiger partial charge is 0.309 e. The van der Waals surface area contributed by atoms with Crippen molar-refractivity contribution in [3.05, 3.63) is 51.5 Å². The molecule has 0 spiro atoms. The molecule has 3 aromatic rings. The van der Waals surface area contributed by atoms with Gasteiger partial charge in [-0.25, -0.2) is 0 Å². The molecule has 0 N–H and O–H groups in total. The number of aryl methyl sites for hydroxylation is 2. The van der Waals surface area contributed by atoms with Gasteiger partial charge in [-0.1, -0.05) is 17.7 Å². The van der Waals surface area contributed by atoms with Crippen LogP contribution in [0.15, 0.2) is 35.3 Å². The molecule has 0 bridgehead atoms. The third-order valence-corrected chi connectivity index (χ3v) is 3.42. The predicted octanol–water partition coefficient (Wildman–Crippen LogP) is 3.05. The lowest BCUT2D eigenvalue weighted by Gasteiger charge is -2.09. The Kier molecular flexibility index (Phi) is 2.38. The number of benzene rings is 1. The average molecular weight is 259 g/mol. The normalized spacial score (nSPS) is 11.3. The molecule has 0 saturated carbocycles. The third kappa shape index (κ3) is 1.51. The molecule has 0 saturated heterocycles. The first kappa shape index (κ1) is 11.2. The Morgan fingerprint density at radius 3 is 2.72 bits per heavy atom. The topological polar surface area (TPSA) is 34.9 Å². The molecule has 0 amide bonds. The number of rotatable bonds is 0. The first-order chi connectivity index (χ1) is 8.58. The van der Waals surface area contributed by atoms with Gasteiger partial charge in [-0.2, -0.15) is 0 Å². The minimum atomic E-state index is -0.0503. The molecule has 0 aliphatic heterocycles. The van der Waals surface area contributed by atoms with Gasteiger partial charge in [-0.05, 0) is 30.5 Å². The predicted molar refractivity (Wildman–Crippen MR) is 74.2 cm³/mol. The molecule has 0 radical (unpaired) electrons. The van der Waals surface area contributed by atoms with Crippen molar-refractivity contribution in [3.63, 3.8) is 0 Å². The summed E-state index contributed by atoms with van der Waals surface area (Å²) >= 11 is 5.96. The van der Waals surface area contributed by atoms with Crippen LogP contribution in [0.5, 0.6) is 0 Å². The number of halogens is 1. The minimum absolute atomic E-state index is 0.0503. The fourth-order valence-corrected chi connectivity index (χ4v) is 2.43. The summed E-state index contributed by atoms with van der Waals surface area (Å²) in [6.07, 6.45) is 1.74. The number of aromatic nitrogens is 2. The standard InChI is InChI=1S/C14H11ClN2O/c1-8-5-11-10-4-3-9(15)6-12(10)14(18)17(2)13(11)7-16-8/h3-7H,1-2H3. The highest BCUT2D eigenvalue weighted by atomic mass is 35.5. The van der Waals surface area contributed by atoms with E-state index >= 15 is 0 Å². The van der Waals surface area contributed by atoms with E-state index in [2.05, 4.69) is 4.98 Å². The SMILES string of the molecule is Cc1cc2c3ccc(Cl)cc3c(=O)n(C)c2cn1. The smallest absolute Gasteiger partial charge is 0.258 e. The average Bonchev–Trinajstić information content (AvgIpc) is 2.35. The Labute approximate surface area is 109 Å². The monoisotopic (exact) mass is 258 g/mol. The molecule has 0 aliphatic rings. The zero-order chi connectivity index (χ0) is 12.9. The quantitative estimate of drug-likeness (QED) is 0.581. The van der Waals surface area contributed by atoms with Crippen LogP contribution in [0.4, 0.5) is 0 Å². The molecule has 3 rings (SSSR count). The van der Waals surface area contributed by atoms with Crippen molar-refractivity contribution < 1.29 is 0 Å². The summed E-state index contributed by atoms with van der Waals surface area (Å²) in [5.41, 5.74) is 1.71. The molecule has 90 valence electrons. The van der Waals surface area contributed by atoms with E-state index in [0.29, 0.717) is 10.4 Å². The van der Waals surface area contributed by atoms with Gasteiger partial charge in [0, 0.05) is 28.5 Å². The Morgan fingerprint density at radius 1 is 1.17 bits per heavy atom. The van der Waals surface area contributed by atoms with E-state index < -0.39 is 0 Å². The second kappa shape index (κ2) is 3.82. The minimum Gasteiger partial charge on any atom is -0.309 e. The van der Waals surface area contributed by atoms with Crippen LogP contribution in [0.1, 0.15) is 5.69 Å². The van der Waals surface area contributed by atoms with Crippen molar-refractivity contribution in [2.45, 2.75) is 6.92 Å². The van der Waals surface area contributed by atoms with E-state index in [4.69, 9.17) is 11.6 Å². The maximum absolute atomic E-state index is 12.3. The molecule has 0 atom stereocenters. The van der Waals surface area contributed by atoms with Gasteiger partial charge in [0.15, 0.2) is 0 Å². The van der Waals surface area contributed by atoms with Crippen molar-refractivity contribution in [2.75, 3.05) is 0 Å². The first-order valence-electron chi connectivity index (χ1n) is 5.62. The Bertz CT molecular complexity index is 836. The van der Waals surface area contributed by atoms with E-state index in [1.165, 1.54) is 0 Å². The van der Waals surface area contributed by atoms with Crippen LogP contribution in [0.25, 0.3) is 21.7 Å². The van der Waals surface area contributed by atoms with Crippen LogP contribution in [0, 0.1) is 6.92 Å². The molecule has 18 heavy (non-hydrogen) atoms. The Balaban J connectivity index is 2.68. The fraction of sp³-hybridized carbons (Fsp3) is 0.143. The molecule has 2 aromatic heterocycles. The van der Waals surface area contributed by atoms with Gasteiger partial charge in [0.1, 0.15) is 0 Å². The Hall–Kier alpha value is -1.87. The zero-order valence-corrected chi connectivity index (χ0v) is 10.8. The highest BCUT2D eigenvalue weighted by Crippen LogP contribution is 2.24. The van der Waals surface area contributed by atoms with E-state index in [1.807, 2.05) is 19.1 Å². The second-order valence-electron chi connectivity index (χ2n) is 4.40. The molecule has 3 nitrogen and oxygen atoms in total. The highest BCUT2D eigenvalue weighted by molar-refractivity contribution is 6.31. The molecule has 4 heteroatoms. The van der Waals surface area contributed by atoms with Crippen LogP contribution >= 0.6 is 11.6 Å². The lowest BCUT2D eigenvalue weighted by Crippen LogP contribution is -2.17. The van der Waals surface area contributed by atoms with Gasteiger partial charge >= 0.3 is 0 Å². The van der Waals surface area contributed by atoms with Crippen molar-refractivity contribution in [1.29, 1.82) is 0 Å². The number of pyridine rings is 2. The summed E-state index contributed by atoms with van der Waals surface area (Å²) in [6.45, 7) is 1.94. The van der Waals surface area contributed by atoms with Crippen molar-refractivity contribution in [3.8, 4) is 0 Å². The summed E-state index contributed by atoms with van der Waals surface area (Å²) in [5, 5.41) is 3.16. The van der Waals surface area contributed by atoms with E-state index in [9.17, 15) is 4.79 Å². The van der Waals surface area contributed by atoms with Gasteiger partial charge in [0.05, 0.1) is 11.7 Å². The van der Waals surface area contributed by atoms with Gasteiger partial charge in [0.2, 0.25) is 0 Å². The van der Waals surface area contributed by atoms with Gasteiger partial charge in [0.25, 0.3) is 5.56 Å². The molecule has 0 fully saturated rings. The molecule has 0 unspecified atom stereocenters. The van der Waals surface area contributed by atoms with Crippen molar-refractivity contribution in [2.24, 2.45) is 7.05 Å². The number of nitrogens with zero attached hydrogens (tertiary/aromatic N) is 2. The number of hydrogen-bond donors (Lipinski definition) is 0. The summed E-state index contributed by atoms with van der Waals surface area (Å²) in [5.74, 6) is 0. The molecule has 2 heterocycles. The highest BCUT2D eigenvalue weighted by Gasteiger charge is 2.09. The fourth-order valence-electron chi connectivity index (χ4n) is 2.25. The van der Waals surface area contributed by atoms with E-state index in [1.54, 1.807) is 29.9 Å². The summed E-state index contributed by atoms with van der Waals surface area (Å²) < 4.78 is 1.61.